The number of rotatable bonds is 9. The molecule has 1 heterocycles. The first-order valence-corrected chi connectivity index (χ1v) is 11.1. The summed E-state index contributed by atoms with van der Waals surface area (Å²) in [6.07, 6.45) is 0. The number of amides is 1. The molecular formula is C25H18ClN3O8. The van der Waals surface area contributed by atoms with Crippen LogP contribution in [-0.4, -0.2) is 15.8 Å². The molecular weight excluding hydrogens is 506 g/mol. The van der Waals surface area contributed by atoms with Crippen LogP contribution in [0.4, 0.5) is 17.1 Å². The van der Waals surface area contributed by atoms with Gasteiger partial charge in [-0.3, -0.25) is 25.0 Å². The highest BCUT2D eigenvalue weighted by molar-refractivity contribution is 6.30. The minimum atomic E-state index is -0.675. The Hall–Kier alpha value is -4.90. The average molecular weight is 524 g/mol. The summed E-state index contributed by atoms with van der Waals surface area (Å²) in [6.45, 7) is 1.56. The number of furan rings is 1. The number of hydrogen-bond acceptors (Lipinski definition) is 8. The topological polar surface area (TPSA) is 147 Å². The second-order valence-electron chi connectivity index (χ2n) is 7.77. The molecule has 1 aromatic heterocycles. The fraction of sp³-hybridized carbons (Fsp3) is 0.0800. The lowest BCUT2D eigenvalue weighted by Crippen LogP contribution is -2.11. The molecule has 0 fully saturated rings. The highest BCUT2D eigenvalue weighted by atomic mass is 35.5. The van der Waals surface area contributed by atoms with Gasteiger partial charge in [0.2, 0.25) is 0 Å². The van der Waals surface area contributed by atoms with Crippen molar-refractivity contribution in [3.05, 3.63) is 115 Å². The fourth-order valence-corrected chi connectivity index (χ4v) is 3.40. The summed E-state index contributed by atoms with van der Waals surface area (Å²) in [5, 5.41) is 25.7. The van der Waals surface area contributed by atoms with Crippen LogP contribution in [0, 0.1) is 27.2 Å². The summed E-state index contributed by atoms with van der Waals surface area (Å²) in [4.78, 5) is 34.2. The van der Waals surface area contributed by atoms with Crippen molar-refractivity contribution in [3.8, 4) is 17.2 Å². The molecule has 0 bridgehead atoms. The first-order valence-electron chi connectivity index (χ1n) is 10.7. The number of nitro groups is 2. The number of halogens is 1. The number of benzene rings is 3. The number of nitro benzene ring substituents is 2. The quantitative estimate of drug-likeness (QED) is 0.188. The Kier molecular flexibility index (Phi) is 7.35. The molecule has 1 amide bonds. The Morgan fingerprint density at radius 2 is 1.70 bits per heavy atom. The Labute approximate surface area is 214 Å². The van der Waals surface area contributed by atoms with Gasteiger partial charge in [-0.1, -0.05) is 17.7 Å². The second kappa shape index (κ2) is 10.8. The van der Waals surface area contributed by atoms with Gasteiger partial charge in [-0.15, -0.1) is 0 Å². The summed E-state index contributed by atoms with van der Waals surface area (Å²) in [5.74, 6) is 0.0505. The Balaban J connectivity index is 1.46. The van der Waals surface area contributed by atoms with E-state index in [0.29, 0.717) is 16.3 Å². The maximum absolute atomic E-state index is 12.7. The fourth-order valence-electron chi connectivity index (χ4n) is 3.27. The van der Waals surface area contributed by atoms with Gasteiger partial charge in [0.15, 0.2) is 11.5 Å². The normalized spacial score (nSPS) is 10.5. The molecule has 4 aromatic rings. The first-order chi connectivity index (χ1) is 17.7. The van der Waals surface area contributed by atoms with Gasteiger partial charge in [0.25, 0.3) is 11.6 Å². The van der Waals surface area contributed by atoms with Crippen LogP contribution < -0.4 is 14.8 Å². The molecule has 37 heavy (non-hydrogen) atoms. The van der Waals surface area contributed by atoms with Crippen LogP contribution in [0.3, 0.4) is 0 Å². The van der Waals surface area contributed by atoms with Gasteiger partial charge < -0.3 is 19.2 Å². The van der Waals surface area contributed by atoms with Gasteiger partial charge >= 0.3 is 5.69 Å². The molecule has 0 saturated carbocycles. The molecule has 0 aliphatic rings. The maximum Gasteiger partial charge on any atom is 0.311 e. The Morgan fingerprint density at radius 1 is 0.946 bits per heavy atom. The Bertz CT molecular complexity index is 1480. The smallest absolute Gasteiger partial charge is 0.311 e. The molecule has 0 radical (unpaired) electrons. The van der Waals surface area contributed by atoms with Crippen molar-refractivity contribution < 1.29 is 28.5 Å². The summed E-state index contributed by atoms with van der Waals surface area (Å²) in [6, 6.07) is 17.6. The predicted molar refractivity (Wildman–Crippen MR) is 133 cm³/mol. The molecule has 0 aliphatic heterocycles. The second-order valence-corrected chi connectivity index (χ2v) is 8.20. The number of non-ortho nitro benzene ring substituents is 1. The van der Waals surface area contributed by atoms with E-state index in [1.807, 2.05) is 0 Å². The van der Waals surface area contributed by atoms with Gasteiger partial charge in [0.1, 0.15) is 23.9 Å². The van der Waals surface area contributed by atoms with E-state index in [1.165, 1.54) is 42.5 Å². The zero-order valence-electron chi connectivity index (χ0n) is 19.2. The number of hydrogen-bond donors (Lipinski definition) is 1. The zero-order valence-corrected chi connectivity index (χ0v) is 19.9. The highest BCUT2D eigenvalue weighted by Gasteiger charge is 2.18. The van der Waals surface area contributed by atoms with E-state index < -0.39 is 15.8 Å². The molecule has 188 valence electrons. The standard InChI is InChI=1S/C25H18ClN3O8/c1-15-2-8-23(22(10-15)29(33)34)35-14-20-7-9-24(37-20)25(30)27-17-11-18(28(31)32)13-21(12-17)36-19-5-3-16(26)4-6-19/h2-13H,14H2,1H3,(H,27,30). The predicted octanol–water partition coefficient (Wildman–Crippen LogP) is 6.68. The number of carbonyl (C=O) groups is 1. The third-order valence-electron chi connectivity index (χ3n) is 4.98. The van der Waals surface area contributed by atoms with Crippen molar-refractivity contribution in [2.75, 3.05) is 5.32 Å². The van der Waals surface area contributed by atoms with E-state index in [4.69, 9.17) is 25.5 Å². The van der Waals surface area contributed by atoms with Crippen molar-refractivity contribution in [1.82, 2.24) is 0 Å². The molecule has 0 saturated heterocycles. The molecule has 0 atom stereocenters. The third kappa shape index (κ3) is 6.41. The molecule has 0 spiro atoms. The van der Waals surface area contributed by atoms with Crippen LogP contribution in [0.2, 0.25) is 5.02 Å². The van der Waals surface area contributed by atoms with Crippen molar-refractivity contribution >= 4 is 34.6 Å². The Morgan fingerprint density at radius 3 is 2.41 bits per heavy atom. The largest absolute Gasteiger partial charge is 0.479 e. The van der Waals surface area contributed by atoms with E-state index in [-0.39, 0.29) is 46.7 Å². The van der Waals surface area contributed by atoms with Gasteiger partial charge in [0, 0.05) is 23.2 Å². The third-order valence-corrected chi connectivity index (χ3v) is 5.23. The number of carbonyl (C=O) groups excluding carboxylic acids is 1. The lowest BCUT2D eigenvalue weighted by atomic mass is 10.2. The highest BCUT2D eigenvalue weighted by Crippen LogP contribution is 2.31. The molecule has 0 aliphatic carbocycles. The van der Waals surface area contributed by atoms with Crippen LogP contribution in [0.25, 0.3) is 0 Å². The molecule has 1 N–H and O–H groups in total. The minimum absolute atomic E-state index is 0.0582. The summed E-state index contributed by atoms with van der Waals surface area (Å²) < 4.78 is 16.7. The molecule has 11 nitrogen and oxygen atoms in total. The first kappa shape index (κ1) is 25.2. The molecule has 3 aromatic carbocycles. The van der Waals surface area contributed by atoms with Gasteiger partial charge in [0.05, 0.1) is 21.6 Å². The summed E-state index contributed by atoms with van der Waals surface area (Å²) >= 11 is 5.86. The van der Waals surface area contributed by atoms with Crippen LogP contribution in [0.1, 0.15) is 21.9 Å². The van der Waals surface area contributed by atoms with E-state index in [1.54, 1.807) is 37.3 Å². The maximum atomic E-state index is 12.7. The monoisotopic (exact) mass is 523 g/mol. The van der Waals surface area contributed by atoms with E-state index in [0.717, 1.165) is 0 Å². The number of ether oxygens (including phenoxy) is 2. The zero-order chi connectivity index (χ0) is 26.5. The SMILES string of the molecule is Cc1ccc(OCc2ccc(C(=O)Nc3cc(Oc4ccc(Cl)cc4)cc([N+](=O)[O-])c3)o2)c([N+](=O)[O-])c1. The molecule has 0 unspecified atom stereocenters. The lowest BCUT2D eigenvalue weighted by Gasteiger charge is -2.09. The van der Waals surface area contributed by atoms with Crippen LogP contribution in [-0.2, 0) is 6.61 Å². The number of anilines is 1. The van der Waals surface area contributed by atoms with E-state index in [9.17, 15) is 25.0 Å². The van der Waals surface area contributed by atoms with E-state index >= 15 is 0 Å². The number of nitrogens with zero attached hydrogens (tertiary/aromatic N) is 2. The van der Waals surface area contributed by atoms with Crippen LogP contribution >= 0.6 is 11.6 Å². The van der Waals surface area contributed by atoms with Crippen LogP contribution in [0.15, 0.2) is 77.2 Å². The van der Waals surface area contributed by atoms with Crippen molar-refractivity contribution in [2.45, 2.75) is 13.5 Å². The van der Waals surface area contributed by atoms with Crippen LogP contribution in [0.5, 0.6) is 17.2 Å². The number of nitrogens with one attached hydrogen (secondary N) is 1. The van der Waals surface area contributed by atoms with Crippen molar-refractivity contribution in [2.24, 2.45) is 0 Å². The lowest BCUT2D eigenvalue weighted by molar-refractivity contribution is -0.386. The number of aryl methyl sites for hydroxylation is 1. The van der Waals surface area contributed by atoms with Gasteiger partial charge in [-0.25, -0.2) is 0 Å². The average Bonchev–Trinajstić information content (AvgIpc) is 3.34. The van der Waals surface area contributed by atoms with Gasteiger partial charge in [-0.2, -0.15) is 0 Å². The molecule has 12 heteroatoms. The van der Waals surface area contributed by atoms with E-state index in [2.05, 4.69) is 5.32 Å². The minimum Gasteiger partial charge on any atom is -0.479 e. The van der Waals surface area contributed by atoms with Crippen molar-refractivity contribution in [3.63, 3.8) is 0 Å². The summed E-state index contributed by atoms with van der Waals surface area (Å²) in [7, 11) is 0. The molecule has 4 rings (SSSR count). The van der Waals surface area contributed by atoms with Crippen molar-refractivity contribution in [1.29, 1.82) is 0 Å². The summed E-state index contributed by atoms with van der Waals surface area (Å²) in [5.41, 5.74) is 0.327. The van der Waals surface area contributed by atoms with Gasteiger partial charge in [-0.05, 0) is 55.0 Å².